The van der Waals surface area contributed by atoms with Crippen LogP contribution in [-0.2, 0) is 0 Å². The zero-order valence-corrected chi connectivity index (χ0v) is 7.85. The third-order valence-corrected chi connectivity index (χ3v) is 2.11. The Morgan fingerprint density at radius 2 is 2.25 bits per heavy atom. The van der Waals surface area contributed by atoms with E-state index in [-0.39, 0.29) is 10.0 Å². The molecule has 0 unspecified atom stereocenters. The standard InChI is InChI=1S/C8H5BrFNO/c1-12-7-3-5(4-11)2-6(10)8(7)9/h2-3H,1H3. The lowest BCUT2D eigenvalue weighted by atomic mass is 10.2. The lowest BCUT2D eigenvalue weighted by Gasteiger charge is -2.03. The van der Waals surface area contributed by atoms with Crippen LogP contribution in [0.5, 0.6) is 5.75 Å². The van der Waals surface area contributed by atoms with E-state index >= 15 is 0 Å². The van der Waals surface area contributed by atoms with Crippen LogP contribution in [0.1, 0.15) is 5.56 Å². The Morgan fingerprint density at radius 3 is 2.75 bits per heavy atom. The minimum absolute atomic E-state index is 0.240. The van der Waals surface area contributed by atoms with Gasteiger partial charge >= 0.3 is 0 Å². The van der Waals surface area contributed by atoms with Crippen LogP contribution in [-0.4, -0.2) is 7.11 Å². The molecule has 0 radical (unpaired) electrons. The summed E-state index contributed by atoms with van der Waals surface area (Å²) in [6.45, 7) is 0. The number of nitriles is 1. The third-order valence-electron chi connectivity index (χ3n) is 1.34. The first kappa shape index (κ1) is 9.01. The van der Waals surface area contributed by atoms with Crippen molar-refractivity contribution >= 4 is 15.9 Å². The first-order chi connectivity index (χ1) is 5.69. The molecule has 0 amide bonds. The zero-order valence-electron chi connectivity index (χ0n) is 6.27. The summed E-state index contributed by atoms with van der Waals surface area (Å²) in [6, 6.07) is 4.44. The van der Waals surface area contributed by atoms with E-state index in [0.717, 1.165) is 6.07 Å². The molecular formula is C8H5BrFNO. The van der Waals surface area contributed by atoms with Gasteiger partial charge in [0.25, 0.3) is 0 Å². The summed E-state index contributed by atoms with van der Waals surface area (Å²) in [7, 11) is 1.42. The smallest absolute Gasteiger partial charge is 0.142 e. The van der Waals surface area contributed by atoms with Crippen molar-refractivity contribution in [2.45, 2.75) is 0 Å². The van der Waals surface area contributed by atoms with Gasteiger partial charge in [0.15, 0.2) is 0 Å². The average molecular weight is 230 g/mol. The average Bonchev–Trinajstić information content (AvgIpc) is 2.09. The quantitative estimate of drug-likeness (QED) is 0.742. The summed E-state index contributed by atoms with van der Waals surface area (Å²) in [5, 5.41) is 8.49. The molecule has 0 aromatic heterocycles. The second-order valence-corrected chi connectivity index (χ2v) is 2.88. The minimum Gasteiger partial charge on any atom is -0.495 e. The monoisotopic (exact) mass is 229 g/mol. The zero-order chi connectivity index (χ0) is 9.14. The Bertz CT molecular complexity index is 346. The summed E-state index contributed by atoms with van der Waals surface area (Å²) in [5.74, 6) is -0.169. The van der Waals surface area contributed by atoms with E-state index in [0.29, 0.717) is 5.75 Å². The van der Waals surface area contributed by atoms with Gasteiger partial charge in [-0.15, -0.1) is 0 Å². The van der Waals surface area contributed by atoms with Crippen molar-refractivity contribution in [3.63, 3.8) is 0 Å². The van der Waals surface area contributed by atoms with Gasteiger partial charge in [0.05, 0.1) is 23.2 Å². The molecule has 0 aliphatic carbocycles. The van der Waals surface area contributed by atoms with Crippen LogP contribution >= 0.6 is 15.9 Å². The van der Waals surface area contributed by atoms with Crippen LogP contribution in [0.2, 0.25) is 0 Å². The highest BCUT2D eigenvalue weighted by Gasteiger charge is 2.07. The van der Waals surface area contributed by atoms with Gasteiger partial charge in [-0.3, -0.25) is 0 Å². The van der Waals surface area contributed by atoms with Gasteiger partial charge in [0.2, 0.25) is 0 Å². The number of methoxy groups -OCH3 is 1. The topological polar surface area (TPSA) is 33.0 Å². The predicted octanol–water partition coefficient (Wildman–Crippen LogP) is 2.47. The molecular weight excluding hydrogens is 225 g/mol. The molecule has 0 N–H and O–H groups in total. The highest BCUT2D eigenvalue weighted by atomic mass is 79.9. The summed E-state index contributed by atoms with van der Waals surface area (Å²) in [6.07, 6.45) is 0. The summed E-state index contributed by atoms with van der Waals surface area (Å²) >= 11 is 2.99. The van der Waals surface area contributed by atoms with Crippen LogP contribution in [0.4, 0.5) is 4.39 Å². The molecule has 12 heavy (non-hydrogen) atoms. The molecule has 0 bridgehead atoms. The van der Waals surface area contributed by atoms with Crippen molar-refractivity contribution in [1.29, 1.82) is 5.26 Å². The van der Waals surface area contributed by atoms with Gasteiger partial charge in [0, 0.05) is 0 Å². The predicted molar refractivity (Wildman–Crippen MR) is 45.4 cm³/mol. The number of hydrogen-bond donors (Lipinski definition) is 0. The largest absolute Gasteiger partial charge is 0.495 e. The summed E-state index contributed by atoms with van der Waals surface area (Å²) in [4.78, 5) is 0. The molecule has 2 nitrogen and oxygen atoms in total. The minimum atomic E-state index is -0.495. The number of hydrogen-bond acceptors (Lipinski definition) is 2. The number of nitrogens with zero attached hydrogens (tertiary/aromatic N) is 1. The molecule has 0 saturated heterocycles. The molecule has 1 aromatic rings. The van der Waals surface area contributed by atoms with Crippen molar-refractivity contribution in [2.24, 2.45) is 0 Å². The number of rotatable bonds is 1. The maximum atomic E-state index is 12.9. The van der Waals surface area contributed by atoms with Crippen molar-refractivity contribution in [1.82, 2.24) is 0 Å². The maximum absolute atomic E-state index is 12.9. The van der Waals surface area contributed by atoms with E-state index < -0.39 is 5.82 Å². The fourth-order valence-corrected chi connectivity index (χ4v) is 1.17. The molecule has 1 aromatic carbocycles. The maximum Gasteiger partial charge on any atom is 0.142 e. The Kier molecular flexibility index (Phi) is 2.66. The summed E-state index contributed by atoms with van der Waals surface area (Å²) in [5.41, 5.74) is 0.243. The van der Waals surface area contributed by atoms with Gasteiger partial charge < -0.3 is 4.74 Å². The van der Waals surface area contributed by atoms with E-state index in [2.05, 4.69) is 15.9 Å². The van der Waals surface area contributed by atoms with E-state index in [1.165, 1.54) is 13.2 Å². The Labute approximate surface area is 77.7 Å². The second-order valence-electron chi connectivity index (χ2n) is 2.09. The molecule has 1 rings (SSSR count). The third kappa shape index (κ3) is 1.56. The van der Waals surface area contributed by atoms with Crippen LogP contribution in [0.25, 0.3) is 0 Å². The molecule has 62 valence electrons. The first-order valence-corrected chi connectivity index (χ1v) is 3.91. The lowest BCUT2D eigenvalue weighted by molar-refractivity contribution is 0.407. The second kappa shape index (κ2) is 3.55. The highest BCUT2D eigenvalue weighted by molar-refractivity contribution is 9.10. The Morgan fingerprint density at radius 1 is 1.58 bits per heavy atom. The molecule has 0 aliphatic heterocycles. The van der Waals surface area contributed by atoms with Gasteiger partial charge in [0.1, 0.15) is 11.6 Å². The Balaban J connectivity index is 3.31. The van der Waals surface area contributed by atoms with Gasteiger partial charge in [-0.1, -0.05) is 0 Å². The normalized spacial score (nSPS) is 9.17. The van der Waals surface area contributed by atoms with Crippen LogP contribution < -0.4 is 4.74 Å². The number of benzene rings is 1. The van der Waals surface area contributed by atoms with Crippen LogP contribution in [0.15, 0.2) is 16.6 Å². The highest BCUT2D eigenvalue weighted by Crippen LogP contribution is 2.28. The van der Waals surface area contributed by atoms with Crippen molar-refractivity contribution < 1.29 is 9.13 Å². The number of ether oxygens (including phenoxy) is 1. The van der Waals surface area contributed by atoms with Crippen molar-refractivity contribution in [3.8, 4) is 11.8 Å². The lowest BCUT2D eigenvalue weighted by Crippen LogP contribution is -1.89. The van der Waals surface area contributed by atoms with E-state index in [1.807, 2.05) is 6.07 Å². The molecule has 0 saturated carbocycles. The van der Waals surface area contributed by atoms with Gasteiger partial charge in [-0.2, -0.15) is 5.26 Å². The Hall–Kier alpha value is -1.08. The van der Waals surface area contributed by atoms with E-state index in [4.69, 9.17) is 10.00 Å². The fraction of sp³-hybridized carbons (Fsp3) is 0.125. The molecule has 0 fully saturated rings. The molecule has 0 spiro atoms. The fourth-order valence-electron chi connectivity index (χ4n) is 0.777. The molecule has 0 heterocycles. The van der Waals surface area contributed by atoms with Crippen LogP contribution in [0.3, 0.4) is 0 Å². The van der Waals surface area contributed by atoms with E-state index in [1.54, 1.807) is 0 Å². The van der Waals surface area contributed by atoms with E-state index in [9.17, 15) is 4.39 Å². The SMILES string of the molecule is COc1cc(C#N)cc(F)c1Br. The van der Waals surface area contributed by atoms with Crippen molar-refractivity contribution in [2.75, 3.05) is 7.11 Å². The first-order valence-electron chi connectivity index (χ1n) is 3.12. The van der Waals surface area contributed by atoms with Crippen molar-refractivity contribution in [3.05, 3.63) is 28.0 Å². The number of halogens is 2. The molecule has 0 atom stereocenters. The van der Waals surface area contributed by atoms with Gasteiger partial charge in [-0.05, 0) is 28.1 Å². The summed E-state index contributed by atoms with van der Waals surface area (Å²) < 4.78 is 18.0. The van der Waals surface area contributed by atoms with Gasteiger partial charge in [-0.25, -0.2) is 4.39 Å². The van der Waals surface area contributed by atoms with Crippen LogP contribution in [0, 0.1) is 17.1 Å². The molecule has 0 aliphatic rings. The molecule has 4 heteroatoms.